The normalized spacial score (nSPS) is 12.0. The van der Waals surface area contributed by atoms with Crippen LogP contribution in [0, 0.1) is 0 Å². The Morgan fingerprint density at radius 1 is 0.452 bits per heavy atom. The van der Waals surface area contributed by atoms with Crippen LogP contribution >= 0.6 is 0 Å². The van der Waals surface area contributed by atoms with Crippen LogP contribution in [0.5, 0.6) is 0 Å². The number of rotatable bonds is 21. The second kappa shape index (κ2) is 22.9. The van der Waals surface area contributed by atoms with Crippen molar-refractivity contribution in [2.24, 2.45) is 0 Å². The van der Waals surface area contributed by atoms with Gasteiger partial charge in [-0.3, -0.25) is 0 Å². The van der Waals surface area contributed by atoms with Gasteiger partial charge in [-0.2, -0.15) is 0 Å². The molecule has 0 heterocycles. The summed E-state index contributed by atoms with van der Waals surface area (Å²) < 4.78 is 39.0. The van der Waals surface area contributed by atoms with E-state index in [9.17, 15) is 17.3 Å². The maximum absolute atomic E-state index is 9.75. The third-order valence-electron chi connectivity index (χ3n) is 6.18. The Morgan fingerprint density at radius 3 is 0.871 bits per heavy atom. The molecule has 0 bridgehead atoms. The molecule has 0 aliphatic rings. The molecule has 0 aliphatic heterocycles. The van der Waals surface area contributed by atoms with Gasteiger partial charge in [-0.1, -0.05) is 117 Å². The van der Waals surface area contributed by atoms with E-state index in [1.54, 1.807) is 0 Å². The zero-order valence-corrected chi connectivity index (χ0v) is 21.1. The van der Waals surface area contributed by atoms with Crippen molar-refractivity contribution in [3.63, 3.8) is 0 Å². The molecule has 0 aromatic heterocycles. The molecule has 0 spiro atoms. The minimum absolute atomic E-state index is 0.389. The highest BCUT2D eigenvalue weighted by atomic mass is 19.5. The van der Waals surface area contributed by atoms with Gasteiger partial charge < -0.3 is 23.0 Å². The second-order valence-electron chi connectivity index (χ2n) is 9.55. The fourth-order valence-corrected chi connectivity index (χ4v) is 4.22. The summed E-state index contributed by atoms with van der Waals surface area (Å²) in [5.74, 6) is 0. The molecule has 0 aromatic rings. The van der Waals surface area contributed by atoms with E-state index in [1.807, 2.05) is 0 Å². The van der Waals surface area contributed by atoms with Crippen LogP contribution in [-0.4, -0.2) is 12.8 Å². The molecule has 1 nitrogen and oxygen atoms in total. The Kier molecular flexibility index (Phi) is 24.3. The highest BCUT2D eigenvalue weighted by molar-refractivity contribution is 6.50. The molecule has 0 amide bonds. The van der Waals surface area contributed by atoms with Gasteiger partial charge in [0.2, 0.25) is 0 Å². The molecule has 0 fully saturated rings. The van der Waals surface area contributed by atoms with Crippen molar-refractivity contribution in [2.75, 3.05) is 0 Å². The molecule has 0 atom stereocenters. The summed E-state index contributed by atoms with van der Waals surface area (Å²) in [5.41, 5.74) is 5.16. The molecule has 0 aliphatic carbocycles. The first-order valence-electron chi connectivity index (χ1n) is 13.4. The minimum atomic E-state index is -6.00. The molecule has 0 saturated heterocycles. The van der Waals surface area contributed by atoms with Gasteiger partial charge in [-0.25, -0.2) is 0 Å². The first kappa shape index (κ1) is 32.9. The number of hydrogen-bond acceptors (Lipinski definition) is 0. The van der Waals surface area contributed by atoms with Crippen molar-refractivity contribution in [2.45, 2.75) is 161 Å². The Hall–Kier alpha value is -0.255. The van der Waals surface area contributed by atoms with Crippen molar-refractivity contribution in [3.8, 4) is 0 Å². The predicted octanol–water partition coefficient (Wildman–Crippen LogP) is 9.52. The van der Waals surface area contributed by atoms with E-state index in [0.717, 1.165) is 0 Å². The van der Waals surface area contributed by atoms with E-state index in [1.165, 1.54) is 135 Å². The van der Waals surface area contributed by atoms with Gasteiger partial charge in [-0.05, 0) is 19.3 Å². The zero-order valence-electron chi connectivity index (χ0n) is 21.1. The fraction of sp³-hybridized carbons (Fsp3) is 1.00. The summed E-state index contributed by atoms with van der Waals surface area (Å²) in [7, 11) is -6.00. The van der Waals surface area contributed by atoms with Crippen LogP contribution in [0.2, 0.25) is 0 Å². The average molecular weight is 456 g/mol. The monoisotopic (exact) mass is 455 g/mol. The smallest absolute Gasteiger partial charge is 0.418 e. The van der Waals surface area contributed by atoms with Crippen LogP contribution in [0.25, 0.3) is 0 Å². The summed E-state index contributed by atoms with van der Waals surface area (Å²) in [6, 6.07) is 0. The van der Waals surface area contributed by atoms with Crippen LogP contribution in [0.3, 0.4) is 0 Å². The Labute approximate surface area is 191 Å². The van der Waals surface area contributed by atoms with Crippen molar-refractivity contribution in [1.29, 1.82) is 0 Å². The third-order valence-corrected chi connectivity index (χ3v) is 6.18. The molecule has 3 N–H and O–H groups in total. The molecule has 6 heteroatoms. The molecule has 190 valence electrons. The Balaban J connectivity index is 0. The van der Waals surface area contributed by atoms with Gasteiger partial charge in [0.25, 0.3) is 0 Å². The van der Waals surface area contributed by atoms with E-state index in [0.29, 0.717) is 5.54 Å². The van der Waals surface area contributed by atoms with E-state index >= 15 is 0 Å². The van der Waals surface area contributed by atoms with Gasteiger partial charge in [0.05, 0.1) is 5.54 Å². The van der Waals surface area contributed by atoms with Crippen molar-refractivity contribution in [3.05, 3.63) is 0 Å². The molecular formula is C25H54BF4N. The van der Waals surface area contributed by atoms with Crippen LogP contribution in [-0.2, 0) is 0 Å². The predicted molar refractivity (Wildman–Crippen MR) is 130 cm³/mol. The first-order valence-corrected chi connectivity index (χ1v) is 13.4. The van der Waals surface area contributed by atoms with Crippen molar-refractivity contribution >= 4 is 7.25 Å². The standard InChI is InChI=1S/C25H53N.BF4/c1-4-7-10-13-16-19-22-25(26,23-20-17-14-11-8-5-2)24-21-18-15-12-9-6-3;2-1(3,4)5/h4-24,26H2,1-3H3;/q;-1/p+1. The van der Waals surface area contributed by atoms with Gasteiger partial charge >= 0.3 is 7.25 Å². The maximum Gasteiger partial charge on any atom is 0.673 e. The second-order valence-corrected chi connectivity index (χ2v) is 9.55. The first-order chi connectivity index (χ1) is 14.7. The largest absolute Gasteiger partial charge is 0.673 e. The lowest BCUT2D eigenvalue weighted by molar-refractivity contribution is -0.484. The summed E-state index contributed by atoms with van der Waals surface area (Å²) in [5, 5.41) is 0. The van der Waals surface area contributed by atoms with E-state index < -0.39 is 7.25 Å². The molecule has 0 unspecified atom stereocenters. The van der Waals surface area contributed by atoms with Crippen LogP contribution in [0.15, 0.2) is 0 Å². The number of unbranched alkanes of at least 4 members (excludes halogenated alkanes) is 15. The summed E-state index contributed by atoms with van der Waals surface area (Å²) in [4.78, 5) is 0. The SMILES string of the molecule is CCCCCCCCC([NH3+])(CCCCCCCC)CCCCCCCC.F[B-](F)(F)F. The Morgan fingerprint density at radius 2 is 0.645 bits per heavy atom. The Bertz CT molecular complexity index is 304. The molecule has 31 heavy (non-hydrogen) atoms. The van der Waals surface area contributed by atoms with Gasteiger partial charge in [0.1, 0.15) is 0 Å². The molecular weight excluding hydrogens is 401 g/mol. The lowest BCUT2D eigenvalue weighted by atomic mass is 9.82. The van der Waals surface area contributed by atoms with Gasteiger partial charge in [0.15, 0.2) is 0 Å². The third kappa shape index (κ3) is 32.0. The van der Waals surface area contributed by atoms with Crippen LogP contribution < -0.4 is 5.73 Å². The molecule has 0 aromatic carbocycles. The molecule has 0 rings (SSSR count). The topological polar surface area (TPSA) is 27.6 Å². The van der Waals surface area contributed by atoms with E-state index in [4.69, 9.17) is 5.73 Å². The van der Waals surface area contributed by atoms with Gasteiger partial charge in [-0.15, -0.1) is 0 Å². The van der Waals surface area contributed by atoms with Crippen LogP contribution in [0.4, 0.5) is 17.3 Å². The van der Waals surface area contributed by atoms with Crippen molar-refractivity contribution in [1.82, 2.24) is 0 Å². The lowest BCUT2D eigenvalue weighted by Crippen LogP contribution is -2.72. The number of halogens is 4. The van der Waals surface area contributed by atoms with E-state index in [2.05, 4.69) is 20.8 Å². The summed E-state index contributed by atoms with van der Waals surface area (Å²) >= 11 is 0. The molecule has 0 saturated carbocycles. The van der Waals surface area contributed by atoms with Gasteiger partial charge in [0, 0.05) is 19.3 Å². The highest BCUT2D eigenvalue weighted by Crippen LogP contribution is 2.25. The quantitative estimate of drug-likeness (QED) is 0.101. The number of quaternary nitrogens is 1. The summed E-state index contributed by atoms with van der Waals surface area (Å²) in [6.45, 7) is 6.92. The van der Waals surface area contributed by atoms with E-state index in [-0.39, 0.29) is 0 Å². The average Bonchev–Trinajstić information content (AvgIpc) is 2.69. The maximum atomic E-state index is 9.75. The highest BCUT2D eigenvalue weighted by Gasteiger charge is 2.27. The summed E-state index contributed by atoms with van der Waals surface area (Å²) in [6.07, 6.45) is 29.7. The van der Waals surface area contributed by atoms with Crippen LogP contribution in [0.1, 0.15) is 156 Å². The van der Waals surface area contributed by atoms with Crippen molar-refractivity contribution < 1.29 is 23.0 Å². The zero-order chi connectivity index (χ0) is 23.8. The lowest BCUT2D eigenvalue weighted by Gasteiger charge is -2.26. The number of hydrogen-bond donors (Lipinski definition) is 1. The fourth-order valence-electron chi connectivity index (χ4n) is 4.22. The minimum Gasteiger partial charge on any atom is -0.418 e. The molecule has 0 radical (unpaired) electrons.